The molecule has 0 saturated heterocycles. The zero-order chi connectivity index (χ0) is 17.0. The van der Waals surface area contributed by atoms with Gasteiger partial charge in [-0.2, -0.15) is 10.2 Å². The van der Waals surface area contributed by atoms with Crippen molar-refractivity contribution in [1.29, 1.82) is 0 Å². The Morgan fingerprint density at radius 3 is 1.46 bits per heavy atom. The van der Waals surface area contributed by atoms with Crippen LogP contribution in [-0.2, 0) is 0 Å². The monoisotopic (exact) mass is 324 g/mol. The van der Waals surface area contributed by atoms with Gasteiger partial charge in [-0.15, -0.1) is 10.2 Å². The lowest BCUT2D eigenvalue weighted by molar-refractivity contribution is 0.474. The number of phenols is 2. The van der Waals surface area contributed by atoms with Crippen LogP contribution < -0.4 is 10.9 Å². The maximum atomic E-state index is 9.52. The molecule has 8 nitrogen and oxygen atoms in total. The number of hydrazine groups is 1. The van der Waals surface area contributed by atoms with Gasteiger partial charge in [-0.1, -0.05) is 24.3 Å². The Balaban J connectivity index is 1.69. The molecule has 0 aliphatic heterocycles. The Bertz CT molecular complexity index is 705. The normalized spacial score (nSPS) is 11.8. The van der Waals surface area contributed by atoms with E-state index in [-0.39, 0.29) is 11.5 Å². The average molecular weight is 324 g/mol. The van der Waals surface area contributed by atoms with Crippen LogP contribution in [0.5, 0.6) is 11.5 Å². The van der Waals surface area contributed by atoms with Crippen molar-refractivity contribution in [3.63, 3.8) is 0 Å². The number of benzene rings is 2. The molecule has 2 aromatic rings. The predicted molar refractivity (Wildman–Crippen MR) is 94.7 cm³/mol. The summed E-state index contributed by atoms with van der Waals surface area (Å²) in [6, 6.07) is 13.6. The summed E-state index contributed by atoms with van der Waals surface area (Å²) in [6.45, 7) is 0. The van der Waals surface area contributed by atoms with Crippen molar-refractivity contribution in [2.45, 2.75) is 0 Å². The van der Waals surface area contributed by atoms with E-state index in [1.807, 2.05) is 0 Å². The van der Waals surface area contributed by atoms with E-state index in [0.29, 0.717) is 11.1 Å². The van der Waals surface area contributed by atoms with Gasteiger partial charge < -0.3 is 10.2 Å². The van der Waals surface area contributed by atoms with Crippen molar-refractivity contribution in [1.82, 2.24) is 10.9 Å². The molecule has 0 radical (unpaired) electrons. The molecule has 0 spiro atoms. The lowest BCUT2D eigenvalue weighted by atomic mass is 10.2. The fraction of sp³-hybridized carbons (Fsp3) is 0. The SMILES string of the molecule is Oc1ccccc1/C=N/N=CNNC=N/N=C/c1ccccc1O. The fourth-order valence-electron chi connectivity index (χ4n) is 1.58. The highest BCUT2D eigenvalue weighted by Gasteiger charge is 1.94. The van der Waals surface area contributed by atoms with Crippen LogP contribution in [0.4, 0.5) is 0 Å². The van der Waals surface area contributed by atoms with Crippen molar-refractivity contribution in [2.75, 3.05) is 0 Å². The van der Waals surface area contributed by atoms with Gasteiger partial charge in [0.2, 0.25) is 0 Å². The van der Waals surface area contributed by atoms with E-state index in [1.54, 1.807) is 48.5 Å². The molecule has 2 aromatic carbocycles. The van der Waals surface area contributed by atoms with Crippen LogP contribution in [0.15, 0.2) is 68.9 Å². The van der Waals surface area contributed by atoms with Crippen molar-refractivity contribution < 1.29 is 10.2 Å². The minimum Gasteiger partial charge on any atom is -0.507 e. The van der Waals surface area contributed by atoms with E-state index in [9.17, 15) is 10.2 Å². The summed E-state index contributed by atoms with van der Waals surface area (Å²) >= 11 is 0. The number of phenolic OH excluding ortho intramolecular Hbond substituents is 2. The minimum atomic E-state index is 0.136. The lowest BCUT2D eigenvalue weighted by Gasteiger charge is -1.96. The molecular formula is C16H16N6O2. The number of nitrogens with zero attached hydrogens (tertiary/aromatic N) is 4. The molecule has 0 heterocycles. The van der Waals surface area contributed by atoms with Crippen molar-refractivity contribution in [3.8, 4) is 11.5 Å². The van der Waals surface area contributed by atoms with Crippen LogP contribution >= 0.6 is 0 Å². The first-order chi connectivity index (χ1) is 11.8. The third kappa shape index (κ3) is 5.60. The number of nitrogens with one attached hydrogen (secondary N) is 2. The average Bonchev–Trinajstić information content (AvgIpc) is 2.59. The molecule has 122 valence electrons. The quantitative estimate of drug-likeness (QED) is 0.268. The number of aromatic hydroxyl groups is 2. The number of para-hydroxylation sites is 2. The highest BCUT2D eigenvalue weighted by atomic mass is 16.3. The zero-order valence-corrected chi connectivity index (χ0v) is 12.6. The summed E-state index contributed by atoms with van der Waals surface area (Å²) in [4.78, 5) is 0. The zero-order valence-electron chi connectivity index (χ0n) is 12.6. The second-order valence-electron chi connectivity index (χ2n) is 4.38. The van der Waals surface area contributed by atoms with E-state index < -0.39 is 0 Å². The summed E-state index contributed by atoms with van der Waals surface area (Å²) in [5, 5.41) is 34.0. The first-order valence-electron chi connectivity index (χ1n) is 6.94. The van der Waals surface area contributed by atoms with Crippen LogP contribution in [0.2, 0.25) is 0 Å². The summed E-state index contributed by atoms with van der Waals surface area (Å²) in [7, 11) is 0. The molecule has 0 unspecified atom stereocenters. The topological polar surface area (TPSA) is 114 Å². The second kappa shape index (κ2) is 9.36. The van der Waals surface area contributed by atoms with Crippen molar-refractivity contribution in [3.05, 3.63) is 59.7 Å². The molecule has 2 rings (SSSR count). The molecule has 0 amide bonds. The Labute approximate surface area is 138 Å². The maximum Gasteiger partial charge on any atom is 0.129 e. The Kier molecular flexibility index (Phi) is 6.51. The number of hydrogen-bond donors (Lipinski definition) is 4. The van der Waals surface area contributed by atoms with Gasteiger partial charge in [-0.3, -0.25) is 10.9 Å². The van der Waals surface area contributed by atoms with Gasteiger partial charge in [-0.25, -0.2) is 0 Å². The Hall–Kier alpha value is -3.68. The molecule has 4 N–H and O–H groups in total. The highest BCUT2D eigenvalue weighted by Crippen LogP contribution is 2.13. The maximum absolute atomic E-state index is 9.52. The standard InChI is InChI=1S/C16H16N6O2/c23-15-7-3-1-5-13(15)9-17-19-11-21-22-12-20-18-10-14-6-2-4-8-16(14)24/h1-12,23-24H,(H,19,21)(H,20,22)/b17-9+,18-10+. The first kappa shape index (κ1) is 16.7. The van der Waals surface area contributed by atoms with E-state index >= 15 is 0 Å². The van der Waals surface area contributed by atoms with E-state index in [0.717, 1.165) is 0 Å². The van der Waals surface area contributed by atoms with Gasteiger partial charge in [0.1, 0.15) is 24.2 Å². The van der Waals surface area contributed by atoms with Crippen molar-refractivity contribution in [2.24, 2.45) is 20.4 Å². The third-order valence-electron chi connectivity index (χ3n) is 2.73. The first-order valence-corrected chi connectivity index (χ1v) is 6.94. The molecule has 8 heteroatoms. The van der Waals surface area contributed by atoms with Crippen LogP contribution in [0.1, 0.15) is 11.1 Å². The van der Waals surface area contributed by atoms with Gasteiger partial charge >= 0.3 is 0 Å². The predicted octanol–water partition coefficient (Wildman–Crippen LogP) is 1.62. The van der Waals surface area contributed by atoms with E-state index in [2.05, 4.69) is 31.3 Å². The van der Waals surface area contributed by atoms with Crippen LogP contribution in [-0.4, -0.2) is 35.3 Å². The minimum absolute atomic E-state index is 0.136. The molecule has 0 fully saturated rings. The Morgan fingerprint density at radius 2 is 1.04 bits per heavy atom. The molecule has 0 aliphatic carbocycles. The summed E-state index contributed by atoms with van der Waals surface area (Å²) in [5.74, 6) is 0.272. The lowest BCUT2D eigenvalue weighted by Crippen LogP contribution is -2.28. The number of hydrogen-bond acceptors (Lipinski definition) is 6. The van der Waals surface area contributed by atoms with Crippen molar-refractivity contribution >= 4 is 25.1 Å². The third-order valence-corrected chi connectivity index (χ3v) is 2.73. The molecular weight excluding hydrogens is 308 g/mol. The number of rotatable bonds is 7. The van der Waals surface area contributed by atoms with Gasteiger partial charge in [0, 0.05) is 11.1 Å². The van der Waals surface area contributed by atoms with Gasteiger partial charge in [-0.05, 0) is 24.3 Å². The molecule has 0 aromatic heterocycles. The molecule has 0 bridgehead atoms. The van der Waals surface area contributed by atoms with Gasteiger partial charge in [0.15, 0.2) is 0 Å². The summed E-state index contributed by atoms with van der Waals surface area (Å²) in [6.07, 6.45) is 5.46. The van der Waals surface area contributed by atoms with Gasteiger partial charge in [0.25, 0.3) is 0 Å². The molecule has 24 heavy (non-hydrogen) atoms. The summed E-state index contributed by atoms with van der Waals surface area (Å²) < 4.78 is 0. The molecule has 0 saturated carbocycles. The Morgan fingerprint density at radius 1 is 0.625 bits per heavy atom. The molecule has 0 atom stereocenters. The fourth-order valence-corrected chi connectivity index (χ4v) is 1.58. The van der Waals surface area contributed by atoms with Crippen LogP contribution in [0.3, 0.4) is 0 Å². The molecule has 0 aliphatic rings. The summed E-state index contributed by atoms with van der Waals surface area (Å²) in [5.41, 5.74) is 6.36. The van der Waals surface area contributed by atoms with E-state index in [1.165, 1.54) is 25.1 Å². The second-order valence-corrected chi connectivity index (χ2v) is 4.38. The van der Waals surface area contributed by atoms with Crippen LogP contribution in [0.25, 0.3) is 0 Å². The largest absolute Gasteiger partial charge is 0.507 e. The van der Waals surface area contributed by atoms with Gasteiger partial charge in [0.05, 0.1) is 12.4 Å². The van der Waals surface area contributed by atoms with E-state index in [4.69, 9.17) is 0 Å². The highest BCUT2D eigenvalue weighted by molar-refractivity contribution is 5.84. The van der Waals surface area contributed by atoms with Crippen LogP contribution in [0, 0.1) is 0 Å². The smallest absolute Gasteiger partial charge is 0.129 e.